The molecular formula is C25H32Cl2N4O2. The first-order valence-electron chi connectivity index (χ1n) is 11.4. The zero-order valence-corrected chi connectivity index (χ0v) is 20.5. The van der Waals surface area contributed by atoms with Crippen LogP contribution in [0.4, 0.5) is 5.82 Å². The van der Waals surface area contributed by atoms with Crippen LogP contribution < -0.4 is 11.1 Å². The Kier molecular flexibility index (Phi) is 8.38. The van der Waals surface area contributed by atoms with Crippen molar-refractivity contribution in [3.05, 3.63) is 58.7 Å². The number of aromatic nitrogens is 1. The van der Waals surface area contributed by atoms with E-state index in [1.807, 2.05) is 18.2 Å². The highest BCUT2D eigenvalue weighted by Crippen LogP contribution is 2.42. The Bertz CT molecular complexity index is 971. The van der Waals surface area contributed by atoms with E-state index in [0.29, 0.717) is 23.8 Å². The van der Waals surface area contributed by atoms with Crippen molar-refractivity contribution >= 4 is 41.6 Å². The maximum Gasteiger partial charge on any atom is 0.255 e. The van der Waals surface area contributed by atoms with E-state index in [0.717, 1.165) is 37.3 Å². The number of carbonyl (C=O) groups is 2. The topological polar surface area (TPSA) is 88.3 Å². The Hall–Kier alpha value is -2.15. The van der Waals surface area contributed by atoms with Crippen molar-refractivity contribution in [2.75, 3.05) is 18.4 Å². The molecule has 4 rings (SSSR count). The van der Waals surface area contributed by atoms with Crippen molar-refractivity contribution in [2.45, 2.75) is 56.9 Å². The van der Waals surface area contributed by atoms with Crippen LogP contribution in [-0.4, -0.2) is 40.8 Å². The summed E-state index contributed by atoms with van der Waals surface area (Å²) in [7, 11) is 0. The maximum absolute atomic E-state index is 13.4. The number of nitrogens with two attached hydrogens (primary N) is 1. The average Bonchev–Trinajstić information content (AvgIpc) is 3.62. The van der Waals surface area contributed by atoms with Crippen LogP contribution in [0.1, 0.15) is 61.4 Å². The van der Waals surface area contributed by atoms with E-state index in [1.54, 1.807) is 18.3 Å². The number of pyridine rings is 1. The molecule has 33 heavy (non-hydrogen) atoms. The van der Waals surface area contributed by atoms with Gasteiger partial charge in [0.05, 0.1) is 5.56 Å². The minimum atomic E-state index is -0.183. The zero-order chi connectivity index (χ0) is 22.7. The average molecular weight is 491 g/mol. The molecule has 1 aromatic heterocycles. The fourth-order valence-corrected chi connectivity index (χ4v) is 5.00. The molecule has 2 fully saturated rings. The molecule has 0 bridgehead atoms. The van der Waals surface area contributed by atoms with E-state index >= 15 is 0 Å². The number of carbonyl (C=O) groups excluding carboxylic acids is 2. The Labute approximate surface area is 206 Å². The molecule has 6 nitrogen and oxygen atoms in total. The van der Waals surface area contributed by atoms with Gasteiger partial charge in [0, 0.05) is 42.7 Å². The van der Waals surface area contributed by atoms with Gasteiger partial charge in [0.1, 0.15) is 5.82 Å². The summed E-state index contributed by atoms with van der Waals surface area (Å²) in [5, 5.41) is 3.38. The van der Waals surface area contributed by atoms with Gasteiger partial charge in [0.15, 0.2) is 0 Å². The fourth-order valence-electron chi connectivity index (χ4n) is 4.81. The summed E-state index contributed by atoms with van der Waals surface area (Å²) >= 11 is 6.25. The number of nitrogens with zero attached hydrogens (tertiary/aromatic N) is 2. The fraction of sp³-hybridized carbons (Fsp3) is 0.480. The molecule has 2 aliphatic carbocycles. The molecule has 0 saturated heterocycles. The van der Waals surface area contributed by atoms with Gasteiger partial charge in [0.2, 0.25) is 5.91 Å². The first kappa shape index (κ1) is 25.5. The molecule has 0 atom stereocenters. The molecule has 178 valence electrons. The quantitative estimate of drug-likeness (QED) is 0.582. The first-order chi connectivity index (χ1) is 15.4. The molecule has 1 aromatic carbocycles. The monoisotopic (exact) mass is 490 g/mol. The van der Waals surface area contributed by atoms with Crippen molar-refractivity contribution in [3.8, 4) is 0 Å². The molecule has 0 radical (unpaired) electrons. The predicted molar refractivity (Wildman–Crippen MR) is 134 cm³/mol. The lowest BCUT2D eigenvalue weighted by molar-refractivity contribution is -0.114. The number of hydrogen-bond acceptors (Lipinski definition) is 4. The Morgan fingerprint density at radius 2 is 1.91 bits per heavy atom. The van der Waals surface area contributed by atoms with E-state index in [9.17, 15) is 9.59 Å². The van der Waals surface area contributed by atoms with Crippen molar-refractivity contribution < 1.29 is 9.59 Å². The van der Waals surface area contributed by atoms with Crippen LogP contribution in [0.25, 0.3) is 0 Å². The third-order valence-corrected chi connectivity index (χ3v) is 7.14. The molecule has 8 heteroatoms. The van der Waals surface area contributed by atoms with Crippen LogP contribution in [-0.2, 0) is 10.2 Å². The van der Waals surface area contributed by atoms with E-state index < -0.39 is 0 Å². The number of hydrogen-bond donors (Lipinski definition) is 2. The second-order valence-electron chi connectivity index (χ2n) is 9.24. The SMILES string of the molecule is CC(=O)Nc1ccc(C(=O)N(CC2CC2)[C@H]2CC[C@@](CN)(c3cccc(Cl)c3)CC2)cn1.Cl. The van der Waals surface area contributed by atoms with E-state index in [2.05, 4.69) is 21.3 Å². The summed E-state index contributed by atoms with van der Waals surface area (Å²) in [6.45, 7) is 2.81. The highest BCUT2D eigenvalue weighted by Gasteiger charge is 2.40. The summed E-state index contributed by atoms with van der Waals surface area (Å²) in [6, 6.07) is 11.7. The summed E-state index contributed by atoms with van der Waals surface area (Å²) in [5.74, 6) is 0.887. The van der Waals surface area contributed by atoms with Crippen molar-refractivity contribution in [1.29, 1.82) is 0 Å². The van der Waals surface area contributed by atoms with Crippen LogP contribution in [0.5, 0.6) is 0 Å². The second-order valence-corrected chi connectivity index (χ2v) is 9.68. The maximum atomic E-state index is 13.4. The van der Waals surface area contributed by atoms with Gasteiger partial charge >= 0.3 is 0 Å². The molecule has 2 aromatic rings. The van der Waals surface area contributed by atoms with Gasteiger partial charge < -0.3 is 16.0 Å². The standard InChI is InChI=1S/C25H31ClN4O2.ClH/c1-17(31)29-23-8-7-19(14-28-23)24(32)30(15-18-5-6-18)22-9-11-25(16-27,12-10-22)20-3-2-4-21(26)13-20;/h2-4,7-8,13-14,18,22H,5-6,9-12,15-16,27H2,1H3,(H,28,29,31);1H/t22-,25+;. The molecule has 0 spiro atoms. The molecule has 0 unspecified atom stereocenters. The van der Waals surface area contributed by atoms with Gasteiger partial charge in [-0.3, -0.25) is 9.59 Å². The largest absolute Gasteiger partial charge is 0.335 e. The third-order valence-electron chi connectivity index (χ3n) is 6.91. The summed E-state index contributed by atoms with van der Waals surface area (Å²) in [5.41, 5.74) is 7.94. The minimum Gasteiger partial charge on any atom is -0.335 e. The van der Waals surface area contributed by atoms with E-state index in [1.165, 1.54) is 25.3 Å². The number of amides is 2. The summed E-state index contributed by atoms with van der Waals surface area (Å²) in [6.07, 6.45) is 7.63. The molecule has 2 amide bonds. The van der Waals surface area contributed by atoms with Crippen LogP contribution in [0.3, 0.4) is 0 Å². The predicted octanol–water partition coefficient (Wildman–Crippen LogP) is 4.81. The highest BCUT2D eigenvalue weighted by atomic mass is 35.5. The normalized spacial score (nSPS) is 22.2. The number of benzene rings is 1. The smallest absolute Gasteiger partial charge is 0.255 e. The summed E-state index contributed by atoms with van der Waals surface area (Å²) in [4.78, 5) is 31.0. The highest BCUT2D eigenvalue weighted by molar-refractivity contribution is 6.30. The summed E-state index contributed by atoms with van der Waals surface area (Å²) < 4.78 is 0. The number of anilines is 1. The second kappa shape index (κ2) is 10.9. The minimum absolute atomic E-state index is 0. The molecule has 2 saturated carbocycles. The first-order valence-corrected chi connectivity index (χ1v) is 11.8. The molecular weight excluding hydrogens is 459 g/mol. The van der Waals surface area contributed by atoms with Gasteiger partial charge in [-0.05, 0) is 74.3 Å². The van der Waals surface area contributed by atoms with Gasteiger partial charge in [-0.25, -0.2) is 4.98 Å². The van der Waals surface area contributed by atoms with E-state index in [-0.39, 0.29) is 35.7 Å². The Balaban J connectivity index is 0.00000306. The van der Waals surface area contributed by atoms with Gasteiger partial charge in [-0.15, -0.1) is 12.4 Å². The third kappa shape index (κ3) is 6.05. The van der Waals surface area contributed by atoms with Crippen LogP contribution in [0.2, 0.25) is 5.02 Å². The van der Waals surface area contributed by atoms with Gasteiger partial charge in [-0.1, -0.05) is 23.7 Å². The van der Waals surface area contributed by atoms with Crippen LogP contribution in [0.15, 0.2) is 42.6 Å². The van der Waals surface area contributed by atoms with Crippen LogP contribution >= 0.6 is 24.0 Å². The van der Waals surface area contributed by atoms with E-state index in [4.69, 9.17) is 17.3 Å². The Morgan fingerprint density at radius 1 is 1.18 bits per heavy atom. The molecule has 3 N–H and O–H groups in total. The molecule has 1 heterocycles. The lowest BCUT2D eigenvalue weighted by Crippen LogP contribution is -2.48. The van der Waals surface area contributed by atoms with Gasteiger partial charge in [0.25, 0.3) is 5.91 Å². The number of halogens is 2. The Morgan fingerprint density at radius 3 is 2.45 bits per heavy atom. The van der Waals surface area contributed by atoms with Crippen molar-refractivity contribution in [1.82, 2.24) is 9.88 Å². The number of rotatable bonds is 7. The van der Waals surface area contributed by atoms with Crippen LogP contribution in [0, 0.1) is 5.92 Å². The lowest BCUT2D eigenvalue weighted by atomic mass is 9.68. The van der Waals surface area contributed by atoms with Crippen molar-refractivity contribution in [3.63, 3.8) is 0 Å². The van der Waals surface area contributed by atoms with Crippen molar-refractivity contribution in [2.24, 2.45) is 11.7 Å². The lowest BCUT2D eigenvalue weighted by Gasteiger charge is -2.43. The molecule has 0 aliphatic heterocycles. The molecule has 2 aliphatic rings. The zero-order valence-electron chi connectivity index (χ0n) is 18.9. The number of nitrogens with one attached hydrogen (secondary N) is 1. The van der Waals surface area contributed by atoms with Gasteiger partial charge in [-0.2, -0.15) is 0 Å².